The average Bonchev–Trinajstić information content (AvgIpc) is 3.35. The first-order valence-electron chi connectivity index (χ1n) is 8.97. The normalized spacial score (nSPS) is 15.1. The summed E-state index contributed by atoms with van der Waals surface area (Å²) in [6, 6.07) is 5.86. The van der Waals surface area contributed by atoms with Crippen LogP contribution in [0.4, 0.5) is 4.79 Å². The molecule has 0 spiro atoms. The minimum absolute atomic E-state index is 0.209. The molecule has 1 saturated carbocycles. The summed E-state index contributed by atoms with van der Waals surface area (Å²) in [6.07, 6.45) is 1.76. The maximum atomic E-state index is 12.2. The Morgan fingerprint density at radius 2 is 1.92 bits per heavy atom. The Labute approximate surface area is 155 Å². The molecular formula is C20H29NO5. The van der Waals surface area contributed by atoms with Crippen LogP contribution in [0.3, 0.4) is 0 Å². The van der Waals surface area contributed by atoms with Gasteiger partial charge in [-0.25, -0.2) is 4.79 Å². The van der Waals surface area contributed by atoms with Crippen LogP contribution in [0.25, 0.3) is 0 Å². The van der Waals surface area contributed by atoms with Gasteiger partial charge in [0.25, 0.3) is 0 Å². The largest absolute Gasteiger partial charge is 0.493 e. The van der Waals surface area contributed by atoms with Crippen molar-refractivity contribution in [3.8, 4) is 5.75 Å². The van der Waals surface area contributed by atoms with E-state index in [0.717, 1.165) is 24.0 Å². The van der Waals surface area contributed by atoms with Crippen LogP contribution < -0.4 is 10.1 Å². The second-order valence-electron chi connectivity index (χ2n) is 7.70. The smallest absolute Gasteiger partial charge is 0.407 e. The summed E-state index contributed by atoms with van der Waals surface area (Å²) in [4.78, 5) is 23.8. The molecular weight excluding hydrogens is 334 g/mol. The molecule has 2 rings (SSSR count). The quantitative estimate of drug-likeness (QED) is 0.593. The van der Waals surface area contributed by atoms with Gasteiger partial charge in [0.1, 0.15) is 11.4 Å². The van der Waals surface area contributed by atoms with Crippen molar-refractivity contribution in [3.05, 3.63) is 29.3 Å². The highest BCUT2D eigenvalue weighted by Crippen LogP contribution is 2.52. The SMILES string of the molecule is COC(=O)C1(c2cc(C)ccc2OCCCNC(=O)OC(C)(C)C)CC1. The van der Waals surface area contributed by atoms with Crippen LogP contribution in [-0.2, 0) is 19.7 Å². The highest BCUT2D eigenvalue weighted by molar-refractivity contribution is 5.87. The van der Waals surface area contributed by atoms with Crippen LogP contribution >= 0.6 is 0 Å². The fourth-order valence-electron chi connectivity index (χ4n) is 2.81. The predicted molar refractivity (Wildman–Crippen MR) is 98.5 cm³/mol. The van der Waals surface area contributed by atoms with Crippen molar-refractivity contribution in [2.45, 2.75) is 58.0 Å². The summed E-state index contributed by atoms with van der Waals surface area (Å²) in [6.45, 7) is 8.35. The van der Waals surface area contributed by atoms with Crippen LogP contribution in [-0.4, -0.2) is 37.9 Å². The van der Waals surface area contributed by atoms with Gasteiger partial charge >= 0.3 is 12.1 Å². The molecule has 1 aliphatic carbocycles. The van der Waals surface area contributed by atoms with Crippen molar-refractivity contribution in [1.82, 2.24) is 5.32 Å². The van der Waals surface area contributed by atoms with Crippen LogP contribution in [0.2, 0.25) is 0 Å². The van der Waals surface area contributed by atoms with E-state index in [4.69, 9.17) is 14.2 Å². The Morgan fingerprint density at radius 1 is 1.23 bits per heavy atom. The van der Waals surface area contributed by atoms with E-state index in [1.807, 2.05) is 45.9 Å². The van der Waals surface area contributed by atoms with Gasteiger partial charge in [-0.05, 0) is 53.0 Å². The number of hydrogen-bond acceptors (Lipinski definition) is 5. The predicted octanol–water partition coefficient (Wildman–Crippen LogP) is 3.49. The van der Waals surface area contributed by atoms with E-state index >= 15 is 0 Å². The van der Waals surface area contributed by atoms with E-state index in [9.17, 15) is 9.59 Å². The van der Waals surface area contributed by atoms with E-state index < -0.39 is 17.1 Å². The molecule has 6 heteroatoms. The van der Waals surface area contributed by atoms with Gasteiger partial charge in [0.2, 0.25) is 0 Å². The molecule has 1 aliphatic rings. The zero-order chi connectivity index (χ0) is 19.4. The number of carbonyl (C=O) groups excluding carboxylic acids is 2. The molecule has 0 aromatic heterocycles. The van der Waals surface area contributed by atoms with Gasteiger partial charge in [0, 0.05) is 12.1 Å². The number of aryl methyl sites for hydroxylation is 1. The first-order chi connectivity index (χ1) is 12.2. The van der Waals surface area contributed by atoms with E-state index in [2.05, 4.69) is 5.32 Å². The number of methoxy groups -OCH3 is 1. The Hall–Kier alpha value is -2.24. The maximum absolute atomic E-state index is 12.2. The monoisotopic (exact) mass is 363 g/mol. The zero-order valence-corrected chi connectivity index (χ0v) is 16.3. The summed E-state index contributed by atoms with van der Waals surface area (Å²) in [5.41, 5.74) is 0.896. The number of ether oxygens (including phenoxy) is 3. The van der Waals surface area contributed by atoms with Crippen molar-refractivity contribution < 1.29 is 23.8 Å². The first kappa shape index (κ1) is 20.1. The molecule has 26 heavy (non-hydrogen) atoms. The van der Waals surface area contributed by atoms with Crippen LogP contribution in [0.1, 0.15) is 51.2 Å². The number of nitrogens with one attached hydrogen (secondary N) is 1. The third-order valence-corrected chi connectivity index (χ3v) is 4.22. The van der Waals surface area contributed by atoms with Crippen molar-refractivity contribution in [2.75, 3.05) is 20.3 Å². The number of carbonyl (C=O) groups is 2. The molecule has 1 amide bonds. The summed E-state index contributed by atoms with van der Waals surface area (Å²) in [5.74, 6) is 0.496. The molecule has 0 radical (unpaired) electrons. The van der Waals surface area contributed by atoms with Crippen LogP contribution in [0.15, 0.2) is 18.2 Å². The molecule has 1 aromatic rings. The number of amides is 1. The number of rotatable bonds is 7. The van der Waals surface area contributed by atoms with Gasteiger partial charge in [-0.15, -0.1) is 0 Å². The van der Waals surface area contributed by atoms with E-state index in [1.165, 1.54) is 7.11 Å². The Bertz CT molecular complexity index is 659. The summed E-state index contributed by atoms with van der Waals surface area (Å²) >= 11 is 0. The van der Waals surface area contributed by atoms with E-state index in [1.54, 1.807) is 0 Å². The Balaban J connectivity index is 1.89. The van der Waals surface area contributed by atoms with Crippen molar-refractivity contribution in [1.29, 1.82) is 0 Å². The Kier molecular flexibility index (Phi) is 6.16. The zero-order valence-electron chi connectivity index (χ0n) is 16.3. The van der Waals surface area contributed by atoms with Gasteiger partial charge in [0.15, 0.2) is 0 Å². The minimum Gasteiger partial charge on any atom is -0.493 e. The van der Waals surface area contributed by atoms with Crippen molar-refractivity contribution in [2.24, 2.45) is 0 Å². The lowest BCUT2D eigenvalue weighted by atomic mass is 9.93. The molecule has 0 bridgehead atoms. The van der Waals surface area contributed by atoms with Crippen LogP contribution in [0.5, 0.6) is 5.75 Å². The van der Waals surface area contributed by atoms with Gasteiger partial charge in [0.05, 0.1) is 19.1 Å². The average molecular weight is 363 g/mol. The Morgan fingerprint density at radius 3 is 2.50 bits per heavy atom. The van der Waals surface area contributed by atoms with E-state index in [0.29, 0.717) is 25.3 Å². The second kappa shape index (κ2) is 7.98. The van der Waals surface area contributed by atoms with Crippen LogP contribution in [0, 0.1) is 6.92 Å². The number of hydrogen-bond donors (Lipinski definition) is 1. The van der Waals surface area contributed by atoms with E-state index in [-0.39, 0.29) is 5.97 Å². The molecule has 6 nitrogen and oxygen atoms in total. The minimum atomic E-state index is -0.565. The topological polar surface area (TPSA) is 73.9 Å². The molecule has 1 aromatic carbocycles. The molecule has 0 unspecified atom stereocenters. The fraction of sp³-hybridized carbons (Fsp3) is 0.600. The third kappa shape index (κ3) is 5.13. The molecule has 0 aliphatic heterocycles. The molecule has 1 fully saturated rings. The second-order valence-corrected chi connectivity index (χ2v) is 7.70. The lowest BCUT2D eigenvalue weighted by Gasteiger charge is -2.20. The maximum Gasteiger partial charge on any atom is 0.407 e. The van der Waals surface area contributed by atoms with Crippen molar-refractivity contribution >= 4 is 12.1 Å². The van der Waals surface area contributed by atoms with Gasteiger partial charge in [-0.3, -0.25) is 4.79 Å². The number of benzene rings is 1. The summed E-state index contributed by atoms with van der Waals surface area (Å²) in [5, 5.41) is 2.70. The van der Waals surface area contributed by atoms with Gasteiger partial charge in [-0.1, -0.05) is 17.7 Å². The highest BCUT2D eigenvalue weighted by Gasteiger charge is 2.54. The molecule has 0 saturated heterocycles. The molecule has 1 N–H and O–H groups in total. The number of esters is 1. The first-order valence-corrected chi connectivity index (χ1v) is 8.97. The standard InChI is InChI=1S/C20H29NO5/c1-14-7-8-16(15(13-14)20(9-10-20)17(22)24-5)25-12-6-11-21-18(23)26-19(2,3)4/h7-8,13H,6,9-12H2,1-5H3,(H,21,23). The lowest BCUT2D eigenvalue weighted by molar-refractivity contribution is -0.143. The molecule has 0 atom stereocenters. The van der Waals surface area contributed by atoms with Gasteiger partial charge < -0.3 is 19.5 Å². The van der Waals surface area contributed by atoms with Gasteiger partial charge in [-0.2, -0.15) is 0 Å². The van der Waals surface area contributed by atoms with Crippen molar-refractivity contribution in [3.63, 3.8) is 0 Å². The summed E-state index contributed by atoms with van der Waals surface area (Å²) < 4.78 is 16.1. The molecule has 0 heterocycles. The summed E-state index contributed by atoms with van der Waals surface area (Å²) in [7, 11) is 1.42. The fourth-order valence-corrected chi connectivity index (χ4v) is 2.81. The lowest BCUT2D eigenvalue weighted by Crippen LogP contribution is -2.33. The third-order valence-electron chi connectivity index (χ3n) is 4.22. The number of alkyl carbamates (subject to hydrolysis) is 1. The molecule has 144 valence electrons. The highest BCUT2D eigenvalue weighted by atomic mass is 16.6.